The van der Waals surface area contributed by atoms with Gasteiger partial charge in [0.25, 0.3) is 5.91 Å². The molecular formula is C12H24N4O. The lowest BCUT2D eigenvalue weighted by atomic mass is 9.93. The largest absolute Gasteiger partial charge is 0.304 e. The summed E-state index contributed by atoms with van der Waals surface area (Å²) in [7, 11) is 2.12. The van der Waals surface area contributed by atoms with Gasteiger partial charge in [-0.2, -0.15) is 0 Å². The summed E-state index contributed by atoms with van der Waals surface area (Å²) in [6.07, 6.45) is 2.93. The van der Waals surface area contributed by atoms with E-state index in [2.05, 4.69) is 34.6 Å². The fourth-order valence-electron chi connectivity index (χ4n) is 2.63. The van der Waals surface area contributed by atoms with Gasteiger partial charge in [0.05, 0.1) is 5.54 Å². The number of likely N-dealkylation sites (N-methyl/N-ethyl adjacent to an activating group) is 1. The number of hydrogen-bond donors (Lipinski definition) is 2. The molecule has 0 aromatic rings. The molecule has 2 saturated heterocycles. The second kappa shape index (κ2) is 5.33. The molecule has 2 aliphatic heterocycles. The highest BCUT2D eigenvalue weighted by Gasteiger charge is 2.39. The van der Waals surface area contributed by atoms with Crippen LogP contribution in [0, 0.1) is 0 Å². The highest BCUT2D eigenvalue weighted by molar-refractivity contribution is 5.86. The Morgan fingerprint density at radius 1 is 1.35 bits per heavy atom. The van der Waals surface area contributed by atoms with Gasteiger partial charge in [0.1, 0.15) is 0 Å². The van der Waals surface area contributed by atoms with Gasteiger partial charge < -0.3 is 10.2 Å². The van der Waals surface area contributed by atoms with E-state index in [9.17, 15) is 4.79 Å². The molecule has 98 valence electrons. The van der Waals surface area contributed by atoms with Crippen LogP contribution in [0.15, 0.2) is 0 Å². The highest BCUT2D eigenvalue weighted by Crippen LogP contribution is 2.23. The minimum absolute atomic E-state index is 0.155. The number of amides is 1. The average molecular weight is 240 g/mol. The zero-order valence-corrected chi connectivity index (χ0v) is 11.0. The molecule has 5 heteroatoms. The van der Waals surface area contributed by atoms with Gasteiger partial charge >= 0.3 is 0 Å². The van der Waals surface area contributed by atoms with Gasteiger partial charge in [-0.25, -0.2) is 5.01 Å². The van der Waals surface area contributed by atoms with E-state index in [-0.39, 0.29) is 11.4 Å². The number of nitrogens with one attached hydrogen (secondary N) is 2. The van der Waals surface area contributed by atoms with Crippen molar-refractivity contribution in [3.63, 3.8) is 0 Å². The Hall–Kier alpha value is -0.650. The molecule has 1 atom stereocenters. The van der Waals surface area contributed by atoms with Crippen LogP contribution in [0.3, 0.4) is 0 Å². The monoisotopic (exact) mass is 240 g/mol. The van der Waals surface area contributed by atoms with E-state index in [1.165, 1.54) is 0 Å². The third-order valence-electron chi connectivity index (χ3n) is 4.04. The van der Waals surface area contributed by atoms with Gasteiger partial charge in [-0.05, 0) is 32.9 Å². The first-order valence-corrected chi connectivity index (χ1v) is 6.66. The average Bonchev–Trinajstić information content (AvgIpc) is 2.82. The third kappa shape index (κ3) is 2.78. The van der Waals surface area contributed by atoms with Crippen molar-refractivity contribution in [2.24, 2.45) is 0 Å². The molecule has 0 aromatic carbocycles. The lowest BCUT2D eigenvalue weighted by Gasteiger charge is -2.35. The first-order valence-electron chi connectivity index (χ1n) is 6.66. The maximum Gasteiger partial charge on any atom is 0.254 e. The van der Waals surface area contributed by atoms with Crippen molar-refractivity contribution in [2.45, 2.75) is 31.7 Å². The van der Waals surface area contributed by atoms with Crippen LogP contribution in [0.5, 0.6) is 0 Å². The first-order chi connectivity index (χ1) is 8.16. The Morgan fingerprint density at radius 3 is 2.59 bits per heavy atom. The Morgan fingerprint density at radius 2 is 2.06 bits per heavy atom. The molecule has 2 fully saturated rings. The van der Waals surface area contributed by atoms with Gasteiger partial charge in [0.2, 0.25) is 0 Å². The van der Waals surface area contributed by atoms with E-state index in [1.807, 2.05) is 0 Å². The molecule has 0 aliphatic carbocycles. The highest BCUT2D eigenvalue weighted by atomic mass is 16.2. The zero-order valence-electron chi connectivity index (χ0n) is 11.0. The summed E-state index contributed by atoms with van der Waals surface area (Å²) < 4.78 is 0. The Kier molecular flexibility index (Phi) is 4.01. The molecule has 1 amide bonds. The van der Waals surface area contributed by atoms with Crippen LogP contribution >= 0.6 is 0 Å². The molecular weight excluding hydrogens is 216 g/mol. The molecule has 0 radical (unpaired) electrons. The summed E-state index contributed by atoms with van der Waals surface area (Å²) in [5, 5.41) is 5.42. The minimum atomic E-state index is -0.316. The summed E-state index contributed by atoms with van der Waals surface area (Å²) in [4.78, 5) is 14.6. The van der Waals surface area contributed by atoms with Gasteiger partial charge in [-0.1, -0.05) is 6.92 Å². The number of piperazine rings is 1. The van der Waals surface area contributed by atoms with Crippen LogP contribution in [0.4, 0.5) is 0 Å². The Labute approximate surface area is 103 Å². The fraction of sp³-hybridized carbons (Fsp3) is 0.917. The molecule has 5 nitrogen and oxygen atoms in total. The molecule has 1 unspecified atom stereocenters. The number of hydrogen-bond acceptors (Lipinski definition) is 4. The van der Waals surface area contributed by atoms with E-state index in [0.29, 0.717) is 0 Å². The van der Waals surface area contributed by atoms with Crippen molar-refractivity contribution in [3.05, 3.63) is 0 Å². The van der Waals surface area contributed by atoms with Gasteiger partial charge in [0, 0.05) is 26.2 Å². The van der Waals surface area contributed by atoms with E-state index < -0.39 is 0 Å². The van der Waals surface area contributed by atoms with Crippen LogP contribution < -0.4 is 10.7 Å². The molecule has 0 bridgehead atoms. The topological polar surface area (TPSA) is 47.6 Å². The van der Waals surface area contributed by atoms with Crippen LogP contribution in [0.2, 0.25) is 0 Å². The second-order valence-electron chi connectivity index (χ2n) is 5.20. The number of nitrogens with zero attached hydrogens (tertiary/aromatic N) is 2. The van der Waals surface area contributed by atoms with Crippen molar-refractivity contribution in [3.8, 4) is 0 Å². The molecule has 2 heterocycles. The van der Waals surface area contributed by atoms with E-state index in [4.69, 9.17) is 0 Å². The Balaban J connectivity index is 1.87. The molecule has 0 saturated carbocycles. The van der Waals surface area contributed by atoms with Crippen LogP contribution in [0.25, 0.3) is 0 Å². The number of carbonyl (C=O) groups excluding carboxylic acids is 1. The summed E-state index contributed by atoms with van der Waals surface area (Å²) in [5.41, 5.74) is 2.76. The Bertz CT molecular complexity index is 268. The summed E-state index contributed by atoms with van der Waals surface area (Å²) in [6, 6.07) is 0. The predicted octanol–water partition coefficient (Wildman–Crippen LogP) is -0.203. The lowest BCUT2D eigenvalue weighted by molar-refractivity contribution is -0.133. The number of carbonyl (C=O) groups is 1. The van der Waals surface area contributed by atoms with Gasteiger partial charge in [-0.3, -0.25) is 10.2 Å². The van der Waals surface area contributed by atoms with Crippen molar-refractivity contribution >= 4 is 5.91 Å². The number of rotatable bonds is 3. The number of hydrazine groups is 1. The summed E-state index contributed by atoms with van der Waals surface area (Å²) in [5.74, 6) is 0.155. The van der Waals surface area contributed by atoms with Gasteiger partial charge in [0.15, 0.2) is 0 Å². The predicted molar refractivity (Wildman–Crippen MR) is 67.5 cm³/mol. The summed E-state index contributed by atoms with van der Waals surface area (Å²) in [6.45, 7) is 6.93. The SMILES string of the molecule is CCC1(C(=O)NN2CCN(C)CC2)CCCN1. The van der Waals surface area contributed by atoms with Crippen molar-refractivity contribution < 1.29 is 4.79 Å². The normalized spacial score (nSPS) is 31.6. The molecule has 17 heavy (non-hydrogen) atoms. The van der Waals surface area contributed by atoms with Crippen molar-refractivity contribution in [1.82, 2.24) is 20.7 Å². The zero-order chi connectivity index (χ0) is 12.3. The third-order valence-corrected chi connectivity index (χ3v) is 4.04. The molecule has 2 rings (SSSR count). The van der Waals surface area contributed by atoms with E-state index >= 15 is 0 Å². The van der Waals surface area contributed by atoms with Crippen molar-refractivity contribution in [1.29, 1.82) is 0 Å². The van der Waals surface area contributed by atoms with Crippen LogP contribution in [-0.2, 0) is 4.79 Å². The quantitative estimate of drug-likeness (QED) is 0.717. The second-order valence-corrected chi connectivity index (χ2v) is 5.20. The maximum atomic E-state index is 12.3. The molecule has 2 N–H and O–H groups in total. The van der Waals surface area contributed by atoms with Crippen LogP contribution in [0.1, 0.15) is 26.2 Å². The lowest BCUT2D eigenvalue weighted by Crippen LogP contribution is -2.60. The van der Waals surface area contributed by atoms with Crippen molar-refractivity contribution in [2.75, 3.05) is 39.8 Å². The van der Waals surface area contributed by atoms with Gasteiger partial charge in [-0.15, -0.1) is 0 Å². The standard InChI is InChI=1S/C12H24N4O/c1-3-12(5-4-6-13-12)11(17)14-16-9-7-15(2)8-10-16/h13H,3-10H2,1-2H3,(H,14,17). The maximum absolute atomic E-state index is 12.3. The van der Waals surface area contributed by atoms with E-state index in [1.54, 1.807) is 0 Å². The summed E-state index contributed by atoms with van der Waals surface area (Å²) >= 11 is 0. The van der Waals surface area contributed by atoms with E-state index in [0.717, 1.165) is 52.0 Å². The fourth-order valence-corrected chi connectivity index (χ4v) is 2.63. The first kappa shape index (κ1) is 12.8. The minimum Gasteiger partial charge on any atom is -0.304 e. The molecule has 0 aromatic heterocycles. The molecule has 0 spiro atoms. The molecule has 2 aliphatic rings. The smallest absolute Gasteiger partial charge is 0.254 e. The van der Waals surface area contributed by atoms with Crippen LogP contribution in [-0.4, -0.2) is 61.1 Å².